The maximum Gasteiger partial charge on any atom is 0.319 e. The van der Waals surface area contributed by atoms with Crippen LogP contribution in [0.5, 0.6) is 5.88 Å². The van der Waals surface area contributed by atoms with Gasteiger partial charge in [0.25, 0.3) is 5.91 Å². The number of anilines is 1. The molecular formula is C18H22F3N5O3S. The van der Waals surface area contributed by atoms with Gasteiger partial charge in [0.2, 0.25) is 5.88 Å². The highest BCUT2D eigenvalue weighted by molar-refractivity contribution is 7.11. The van der Waals surface area contributed by atoms with Gasteiger partial charge in [-0.15, -0.1) is 0 Å². The summed E-state index contributed by atoms with van der Waals surface area (Å²) in [7, 11) is 0. The summed E-state index contributed by atoms with van der Waals surface area (Å²) in [6.45, 7) is 1.46. The number of carbonyl (C=O) groups is 2. The number of urea groups is 1. The largest absolute Gasteiger partial charge is 0.471 e. The summed E-state index contributed by atoms with van der Waals surface area (Å²) in [5.41, 5.74) is 9.60. The highest BCUT2D eigenvalue weighted by atomic mass is 32.1. The van der Waals surface area contributed by atoms with Crippen LogP contribution in [0.4, 0.5) is 23.0 Å². The zero-order valence-corrected chi connectivity index (χ0v) is 17.0. The standard InChI is InChI=1S/C18H22F3N5O3S/c1-9-7-11(19)10(14(21)13(9)20)8-29-16-12(15(23)27)17(30-26-16)25-18(28)24-6-4-2-3-5-22/h7H,2-6,8,22H2,1H3,(H2,23,27)(H2,24,25,28). The van der Waals surface area contributed by atoms with Crippen molar-refractivity contribution in [2.45, 2.75) is 32.8 Å². The van der Waals surface area contributed by atoms with Gasteiger partial charge in [-0.3, -0.25) is 10.1 Å². The number of carbonyl (C=O) groups excluding carboxylic acids is 2. The molecule has 1 aromatic carbocycles. The van der Waals surface area contributed by atoms with Crippen molar-refractivity contribution in [3.05, 3.63) is 40.2 Å². The molecule has 0 saturated carbocycles. The van der Waals surface area contributed by atoms with Gasteiger partial charge in [-0.25, -0.2) is 18.0 Å². The Balaban J connectivity index is 2.07. The number of rotatable bonds is 10. The van der Waals surface area contributed by atoms with Crippen LogP contribution in [-0.4, -0.2) is 29.4 Å². The highest BCUT2D eigenvalue weighted by Gasteiger charge is 2.24. The number of ether oxygens (including phenoxy) is 1. The summed E-state index contributed by atoms with van der Waals surface area (Å²) in [4.78, 5) is 23.7. The normalized spacial score (nSPS) is 10.7. The number of aryl methyl sites for hydroxylation is 1. The highest BCUT2D eigenvalue weighted by Crippen LogP contribution is 2.31. The van der Waals surface area contributed by atoms with Gasteiger partial charge in [-0.2, -0.15) is 4.37 Å². The molecule has 2 aromatic rings. The monoisotopic (exact) mass is 445 g/mol. The molecular weight excluding hydrogens is 423 g/mol. The van der Waals surface area contributed by atoms with E-state index in [9.17, 15) is 22.8 Å². The molecule has 1 aromatic heterocycles. The molecule has 0 aliphatic heterocycles. The molecule has 3 amide bonds. The van der Waals surface area contributed by atoms with Crippen molar-refractivity contribution in [3.8, 4) is 5.88 Å². The van der Waals surface area contributed by atoms with Gasteiger partial charge in [0.1, 0.15) is 23.0 Å². The molecule has 0 saturated heterocycles. The third kappa shape index (κ3) is 5.83. The number of nitrogens with one attached hydrogen (secondary N) is 2. The van der Waals surface area contributed by atoms with E-state index in [-0.39, 0.29) is 22.0 Å². The van der Waals surface area contributed by atoms with Crippen molar-refractivity contribution < 1.29 is 27.5 Å². The van der Waals surface area contributed by atoms with Crippen LogP contribution < -0.4 is 26.8 Å². The second kappa shape index (κ2) is 10.8. The molecule has 0 atom stereocenters. The van der Waals surface area contributed by atoms with E-state index in [1.165, 1.54) is 6.92 Å². The Morgan fingerprint density at radius 1 is 1.20 bits per heavy atom. The number of benzene rings is 1. The van der Waals surface area contributed by atoms with Crippen LogP contribution >= 0.6 is 11.5 Å². The van der Waals surface area contributed by atoms with Crippen molar-refractivity contribution in [2.75, 3.05) is 18.4 Å². The van der Waals surface area contributed by atoms with E-state index in [1.54, 1.807) is 0 Å². The van der Waals surface area contributed by atoms with E-state index in [4.69, 9.17) is 16.2 Å². The Labute approximate surface area is 174 Å². The number of nitrogens with zero attached hydrogens (tertiary/aromatic N) is 1. The number of hydrogen-bond donors (Lipinski definition) is 4. The summed E-state index contributed by atoms with van der Waals surface area (Å²) in [6, 6.07) is 0.246. The smallest absolute Gasteiger partial charge is 0.319 e. The maximum absolute atomic E-state index is 14.0. The molecule has 0 spiro atoms. The minimum absolute atomic E-state index is 0.00740. The van der Waals surface area contributed by atoms with E-state index in [0.717, 1.165) is 25.3 Å². The Hall–Kier alpha value is -2.86. The molecule has 0 bridgehead atoms. The van der Waals surface area contributed by atoms with Crippen LogP contribution in [0.3, 0.4) is 0 Å². The van der Waals surface area contributed by atoms with Crippen LogP contribution in [0.1, 0.15) is 40.7 Å². The maximum atomic E-state index is 14.0. The number of halogens is 3. The first-order chi connectivity index (χ1) is 14.3. The number of amides is 3. The zero-order valence-electron chi connectivity index (χ0n) is 16.2. The number of primary amides is 1. The van der Waals surface area contributed by atoms with Crippen molar-refractivity contribution in [1.82, 2.24) is 9.69 Å². The molecule has 0 aliphatic rings. The second-order valence-electron chi connectivity index (χ2n) is 6.36. The first kappa shape index (κ1) is 23.4. The zero-order chi connectivity index (χ0) is 22.3. The van der Waals surface area contributed by atoms with Crippen LogP contribution in [-0.2, 0) is 6.61 Å². The van der Waals surface area contributed by atoms with Crippen LogP contribution in [0.15, 0.2) is 6.07 Å². The Bertz CT molecular complexity index is 923. The lowest BCUT2D eigenvalue weighted by Crippen LogP contribution is -2.30. The number of hydrogen-bond acceptors (Lipinski definition) is 6. The van der Waals surface area contributed by atoms with Gasteiger partial charge in [0, 0.05) is 6.54 Å². The lowest BCUT2D eigenvalue weighted by Gasteiger charge is -2.10. The molecule has 1 heterocycles. The fourth-order valence-corrected chi connectivity index (χ4v) is 3.23. The molecule has 8 nitrogen and oxygen atoms in total. The predicted molar refractivity (Wildman–Crippen MR) is 106 cm³/mol. The number of nitrogens with two attached hydrogens (primary N) is 2. The summed E-state index contributed by atoms with van der Waals surface area (Å²) in [6.07, 6.45) is 2.43. The van der Waals surface area contributed by atoms with Gasteiger partial charge in [-0.1, -0.05) is 6.42 Å². The van der Waals surface area contributed by atoms with Gasteiger partial charge in [0.15, 0.2) is 11.6 Å². The lowest BCUT2D eigenvalue weighted by atomic mass is 10.1. The van der Waals surface area contributed by atoms with E-state index >= 15 is 0 Å². The molecule has 6 N–H and O–H groups in total. The van der Waals surface area contributed by atoms with Crippen LogP contribution in [0.25, 0.3) is 0 Å². The van der Waals surface area contributed by atoms with Crippen LogP contribution in [0, 0.1) is 24.4 Å². The molecule has 0 unspecified atom stereocenters. The van der Waals surface area contributed by atoms with E-state index < -0.39 is 41.6 Å². The topological polar surface area (TPSA) is 132 Å². The van der Waals surface area contributed by atoms with E-state index in [1.807, 2.05) is 0 Å². The van der Waals surface area contributed by atoms with Crippen LogP contribution in [0.2, 0.25) is 0 Å². The van der Waals surface area contributed by atoms with Gasteiger partial charge >= 0.3 is 6.03 Å². The average molecular weight is 445 g/mol. The number of aromatic nitrogens is 1. The van der Waals surface area contributed by atoms with Gasteiger partial charge in [0.05, 0.1) is 5.56 Å². The Kier molecular flexibility index (Phi) is 8.42. The second-order valence-corrected chi connectivity index (χ2v) is 7.13. The molecule has 12 heteroatoms. The minimum atomic E-state index is -1.39. The fraction of sp³-hybridized carbons (Fsp3) is 0.389. The Morgan fingerprint density at radius 3 is 2.60 bits per heavy atom. The molecule has 0 radical (unpaired) electrons. The van der Waals surface area contributed by atoms with Crippen molar-refractivity contribution in [1.29, 1.82) is 0 Å². The molecule has 0 fully saturated rings. The van der Waals surface area contributed by atoms with Gasteiger partial charge in [-0.05, 0) is 49.5 Å². The average Bonchev–Trinajstić information content (AvgIpc) is 3.08. The summed E-state index contributed by atoms with van der Waals surface area (Å²) < 4.78 is 50.7. The van der Waals surface area contributed by atoms with Gasteiger partial charge < -0.3 is 21.5 Å². The summed E-state index contributed by atoms with van der Waals surface area (Å²) >= 11 is 0.703. The lowest BCUT2D eigenvalue weighted by molar-refractivity contribution is 0.0996. The van der Waals surface area contributed by atoms with Crippen molar-refractivity contribution >= 4 is 28.5 Å². The first-order valence-corrected chi connectivity index (χ1v) is 9.83. The molecule has 2 rings (SSSR count). The fourth-order valence-electron chi connectivity index (χ4n) is 2.50. The predicted octanol–water partition coefficient (Wildman–Crippen LogP) is 2.80. The number of unbranched alkanes of at least 4 members (excludes halogenated alkanes) is 2. The van der Waals surface area contributed by atoms with Crippen molar-refractivity contribution in [3.63, 3.8) is 0 Å². The molecule has 164 valence electrons. The first-order valence-electron chi connectivity index (χ1n) is 9.06. The van der Waals surface area contributed by atoms with E-state index in [2.05, 4.69) is 15.0 Å². The summed E-state index contributed by atoms with van der Waals surface area (Å²) in [5, 5.41) is 5.04. The Morgan fingerprint density at radius 2 is 1.93 bits per heavy atom. The summed E-state index contributed by atoms with van der Waals surface area (Å²) in [5.74, 6) is -4.89. The molecule has 0 aliphatic carbocycles. The SMILES string of the molecule is Cc1cc(F)c(COc2nsc(NC(=O)NCCCCCN)c2C(N)=O)c(F)c1F. The van der Waals surface area contributed by atoms with E-state index in [0.29, 0.717) is 24.6 Å². The minimum Gasteiger partial charge on any atom is -0.471 e. The van der Waals surface area contributed by atoms with Crippen molar-refractivity contribution in [2.24, 2.45) is 11.5 Å². The quantitative estimate of drug-likeness (QED) is 0.330. The third-order valence-electron chi connectivity index (χ3n) is 4.09. The third-order valence-corrected chi connectivity index (χ3v) is 4.84. The molecule has 30 heavy (non-hydrogen) atoms.